The standard InChI is InChI=1S/C21H16N4O2S/c1-26-17-7-6-14(9-18(17)27-2)16-11-28-21-19(16)20(23-12-24-21)25-15-5-3-4-13(8-15)10-22/h3-9,11-12H,1-2H3,(H,23,24,25). The van der Waals surface area contributed by atoms with Crippen molar-refractivity contribution in [3.63, 3.8) is 0 Å². The molecular weight excluding hydrogens is 372 g/mol. The minimum absolute atomic E-state index is 0.584. The van der Waals surface area contributed by atoms with Crippen LogP contribution in [0.1, 0.15) is 5.56 Å². The van der Waals surface area contributed by atoms with Crippen molar-refractivity contribution in [1.29, 1.82) is 5.26 Å². The fourth-order valence-corrected chi connectivity index (χ4v) is 3.91. The molecule has 0 aliphatic rings. The van der Waals surface area contributed by atoms with Gasteiger partial charge in [-0.25, -0.2) is 9.97 Å². The first-order chi connectivity index (χ1) is 13.7. The normalized spacial score (nSPS) is 10.5. The second-order valence-electron chi connectivity index (χ2n) is 5.94. The highest BCUT2D eigenvalue weighted by atomic mass is 32.1. The van der Waals surface area contributed by atoms with Crippen LogP contribution in [0.3, 0.4) is 0 Å². The first-order valence-electron chi connectivity index (χ1n) is 8.45. The minimum Gasteiger partial charge on any atom is -0.493 e. The quantitative estimate of drug-likeness (QED) is 0.519. The van der Waals surface area contributed by atoms with E-state index in [9.17, 15) is 0 Å². The Bertz CT molecular complexity index is 1200. The summed E-state index contributed by atoms with van der Waals surface area (Å²) in [5.74, 6) is 2.02. The molecule has 0 atom stereocenters. The number of nitrogens with zero attached hydrogens (tertiary/aromatic N) is 3. The summed E-state index contributed by atoms with van der Waals surface area (Å²) in [5.41, 5.74) is 3.36. The Hall–Kier alpha value is -3.63. The maximum Gasteiger partial charge on any atom is 0.161 e. The van der Waals surface area contributed by atoms with Gasteiger partial charge in [0, 0.05) is 16.6 Å². The van der Waals surface area contributed by atoms with E-state index in [1.807, 2.05) is 30.3 Å². The SMILES string of the molecule is COc1ccc(-c2csc3ncnc(Nc4cccc(C#N)c4)c23)cc1OC. The van der Waals surface area contributed by atoms with E-state index in [1.54, 1.807) is 37.7 Å². The highest BCUT2D eigenvalue weighted by molar-refractivity contribution is 7.17. The predicted molar refractivity (Wildman–Crippen MR) is 110 cm³/mol. The summed E-state index contributed by atoms with van der Waals surface area (Å²) in [6.07, 6.45) is 1.54. The number of methoxy groups -OCH3 is 2. The third-order valence-electron chi connectivity index (χ3n) is 4.32. The van der Waals surface area contributed by atoms with Gasteiger partial charge in [0.1, 0.15) is 17.0 Å². The zero-order valence-electron chi connectivity index (χ0n) is 15.3. The summed E-state index contributed by atoms with van der Waals surface area (Å²) < 4.78 is 10.8. The number of rotatable bonds is 5. The fourth-order valence-electron chi connectivity index (χ4n) is 2.99. The molecule has 0 saturated carbocycles. The van der Waals surface area contributed by atoms with Crippen molar-refractivity contribution in [2.45, 2.75) is 0 Å². The van der Waals surface area contributed by atoms with Crippen LogP contribution >= 0.6 is 11.3 Å². The lowest BCUT2D eigenvalue weighted by Gasteiger charge is -2.11. The molecule has 0 amide bonds. The Morgan fingerprint density at radius 2 is 1.89 bits per heavy atom. The van der Waals surface area contributed by atoms with Crippen LogP contribution in [0.4, 0.5) is 11.5 Å². The lowest BCUT2D eigenvalue weighted by molar-refractivity contribution is 0.355. The molecule has 7 heteroatoms. The second kappa shape index (κ2) is 7.55. The van der Waals surface area contributed by atoms with Crippen LogP contribution in [0.25, 0.3) is 21.3 Å². The Morgan fingerprint density at radius 1 is 1.04 bits per heavy atom. The number of aromatic nitrogens is 2. The number of nitrogens with one attached hydrogen (secondary N) is 1. The molecule has 0 bridgehead atoms. The van der Waals surface area contributed by atoms with Crippen molar-refractivity contribution in [3.05, 3.63) is 59.7 Å². The Balaban J connectivity index is 1.82. The molecule has 138 valence electrons. The number of ether oxygens (including phenoxy) is 2. The number of benzene rings is 2. The zero-order valence-corrected chi connectivity index (χ0v) is 16.1. The molecule has 2 aromatic heterocycles. The van der Waals surface area contributed by atoms with E-state index >= 15 is 0 Å². The van der Waals surface area contributed by atoms with E-state index in [2.05, 4.69) is 26.7 Å². The Kier molecular flexibility index (Phi) is 4.79. The molecule has 0 saturated heterocycles. The average Bonchev–Trinajstić information content (AvgIpc) is 3.18. The van der Waals surface area contributed by atoms with Gasteiger partial charge in [-0.15, -0.1) is 11.3 Å². The van der Waals surface area contributed by atoms with Crippen molar-refractivity contribution >= 4 is 33.1 Å². The monoisotopic (exact) mass is 388 g/mol. The molecular formula is C21H16N4O2S. The molecule has 2 heterocycles. The van der Waals surface area contributed by atoms with E-state index in [4.69, 9.17) is 14.7 Å². The maximum absolute atomic E-state index is 9.13. The van der Waals surface area contributed by atoms with E-state index in [-0.39, 0.29) is 0 Å². The van der Waals surface area contributed by atoms with Crippen LogP contribution in [0.2, 0.25) is 0 Å². The smallest absolute Gasteiger partial charge is 0.161 e. The van der Waals surface area contributed by atoms with Crippen LogP contribution in [0, 0.1) is 11.3 Å². The van der Waals surface area contributed by atoms with Crippen LogP contribution in [-0.4, -0.2) is 24.2 Å². The van der Waals surface area contributed by atoms with Gasteiger partial charge in [-0.2, -0.15) is 5.26 Å². The third-order valence-corrected chi connectivity index (χ3v) is 5.21. The summed E-state index contributed by atoms with van der Waals surface area (Å²) in [7, 11) is 3.23. The highest BCUT2D eigenvalue weighted by Crippen LogP contribution is 2.40. The molecule has 0 spiro atoms. The topological polar surface area (TPSA) is 80.1 Å². The molecule has 2 aromatic carbocycles. The summed E-state index contributed by atoms with van der Waals surface area (Å²) in [5, 5.41) is 15.4. The number of thiophene rings is 1. The second-order valence-corrected chi connectivity index (χ2v) is 6.80. The van der Waals surface area contributed by atoms with Crippen molar-refractivity contribution in [2.75, 3.05) is 19.5 Å². The Labute approximate surface area is 166 Å². The predicted octanol–water partition coefficient (Wildman–Crippen LogP) is 4.99. The van der Waals surface area contributed by atoms with E-state index in [0.717, 1.165) is 27.0 Å². The molecule has 6 nitrogen and oxygen atoms in total. The van der Waals surface area contributed by atoms with Gasteiger partial charge in [0.05, 0.1) is 31.2 Å². The number of hydrogen-bond donors (Lipinski definition) is 1. The van der Waals surface area contributed by atoms with Crippen LogP contribution in [-0.2, 0) is 0 Å². The molecule has 0 fully saturated rings. The first-order valence-corrected chi connectivity index (χ1v) is 9.33. The van der Waals surface area contributed by atoms with Crippen molar-refractivity contribution in [3.8, 4) is 28.7 Å². The van der Waals surface area contributed by atoms with Gasteiger partial charge >= 0.3 is 0 Å². The number of anilines is 2. The molecule has 0 radical (unpaired) electrons. The van der Waals surface area contributed by atoms with Gasteiger partial charge in [0.15, 0.2) is 11.5 Å². The van der Waals surface area contributed by atoms with Gasteiger partial charge in [-0.1, -0.05) is 12.1 Å². The first kappa shape index (κ1) is 17.8. The lowest BCUT2D eigenvalue weighted by atomic mass is 10.1. The van der Waals surface area contributed by atoms with E-state index in [1.165, 1.54) is 6.33 Å². The number of hydrogen-bond acceptors (Lipinski definition) is 7. The van der Waals surface area contributed by atoms with Gasteiger partial charge < -0.3 is 14.8 Å². The summed E-state index contributed by atoms with van der Waals surface area (Å²) in [6, 6.07) is 15.2. The molecule has 4 rings (SSSR count). The molecule has 1 N–H and O–H groups in total. The van der Waals surface area contributed by atoms with Gasteiger partial charge in [-0.05, 0) is 35.9 Å². The Morgan fingerprint density at radius 3 is 2.68 bits per heavy atom. The van der Waals surface area contributed by atoms with E-state index in [0.29, 0.717) is 22.9 Å². The van der Waals surface area contributed by atoms with Crippen molar-refractivity contribution < 1.29 is 9.47 Å². The molecule has 28 heavy (non-hydrogen) atoms. The van der Waals surface area contributed by atoms with Crippen molar-refractivity contribution in [2.24, 2.45) is 0 Å². The molecule has 4 aromatic rings. The number of fused-ring (bicyclic) bond motifs is 1. The minimum atomic E-state index is 0.584. The summed E-state index contributed by atoms with van der Waals surface area (Å²) in [4.78, 5) is 9.71. The van der Waals surface area contributed by atoms with E-state index < -0.39 is 0 Å². The lowest BCUT2D eigenvalue weighted by Crippen LogP contribution is -1.96. The van der Waals surface area contributed by atoms with Crippen LogP contribution in [0.15, 0.2) is 54.2 Å². The average molecular weight is 388 g/mol. The third kappa shape index (κ3) is 3.21. The maximum atomic E-state index is 9.13. The van der Waals surface area contributed by atoms with Crippen LogP contribution in [0.5, 0.6) is 11.5 Å². The van der Waals surface area contributed by atoms with Crippen LogP contribution < -0.4 is 14.8 Å². The largest absolute Gasteiger partial charge is 0.493 e. The number of nitriles is 1. The molecule has 0 unspecified atom stereocenters. The van der Waals surface area contributed by atoms with Gasteiger partial charge in [0.2, 0.25) is 0 Å². The molecule has 0 aliphatic heterocycles. The van der Waals surface area contributed by atoms with Crippen molar-refractivity contribution in [1.82, 2.24) is 9.97 Å². The highest BCUT2D eigenvalue weighted by Gasteiger charge is 2.15. The van der Waals surface area contributed by atoms with Gasteiger partial charge in [-0.3, -0.25) is 0 Å². The molecule has 0 aliphatic carbocycles. The summed E-state index contributed by atoms with van der Waals surface area (Å²) in [6.45, 7) is 0. The zero-order chi connectivity index (χ0) is 19.5. The van der Waals surface area contributed by atoms with Gasteiger partial charge in [0.25, 0.3) is 0 Å². The fraction of sp³-hybridized carbons (Fsp3) is 0.0952. The summed E-state index contributed by atoms with van der Waals surface area (Å²) >= 11 is 1.55.